The third-order valence-corrected chi connectivity index (χ3v) is 8.94. The number of halogens is 3. The highest BCUT2D eigenvalue weighted by molar-refractivity contribution is 8.00. The summed E-state index contributed by atoms with van der Waals surface area (Å²) in [6.45, 7) is 10.7. The van der Waals surface area contributed by atoms with E-state index in [0.29, 0.717) is 30.9 Å². The standard InChI is InChI=1S/C37H38F3N3O3S/c1-35(2,3)47-33-28-21-27(46-20-18-26-9-6-7-19-41-26)16-17-30(28)43(31(33)22-36(4,5)34(44)45)23-24-12-14-25(15-13-24)29-10-8-11-32(42-29)37(38,39)40/h6-17,19,21H,18,20,22-23H2,1-5H3,(H,44,45). The summed E-state index contributed by atoms with van der Waals surface area (Å²) in [6, 6.07) is 22.9. The molecule has 0 aliphatic carbocycles. The topological polar surface area (TPSA) is 77.2 Å². The molecule has 10 heteroatoms. The summed E-state index contributed by atoms with van der Waals surface area (Å²) in [5, 5.41) is 11.1. The second-order valence-electron chi connectivity index (χ2n) is 13.1. The molecule has 5 aromatic rings. The molecule has 0 amide bonds. The second-order valence-corrected chi connectivity index (χ2v) is 15.0. The number of ether oxygens (including phenoxy) is 1. The average Bonchev–Trinajstić information content (AvgIpc) is 3.27. The first-order valence-corrected chi connectivity index (χ1v) is 16.2. The Balaban J connectivity index is 1.54. The number of rotatable bonds is 11. The Hall–Kier alpha value is -4.31. The van der Waals surface area contributed by atoms with Gasteiger partial charge in [-0.15, -0.1) is 11.8 Å². The van der Waals surface area contributed by atoms with E-state index < -0.39 is 23.3 Å². The number of aliphatic carboxylic acids is 1. The summed E-state index contributed by atoms with van der Waals surface area (Å²) in [4.78, 5) is 21.5. The monoisotopic (exact) mass is 661 g/mol. The number of alkyl halides is 3. The van der Waals surface area contributed by atoms with Gasteiger partial charge in [0.1, 0.15) is 11.4 Å². The lowest BCUT2D eigenvalue weighted by atomic mass is 9.88. The van der Waals surface area contributed by atoms with Crippen molar-refractivity contribution in [2.24, 2.45) is 5.41 Å². The van der Waals surface area contributed by atoms with E-state index in [1.165, 1.54) is 6.07 Å². The number of hydrogen-bond acceptors (Lipinski definition) is 5. The van der Waals surface area contributed by atoms with Crippen LogP contribution in [0, 0.1) is 5.41 Å². The van der Waals surface area contributed by atoms with Crippen molar-refractivity contribution in [1.82, 2.24) is 14.5 Å². The molecule has 0 aliphatic rings. The van der Waals surface area contributed by atoms with Gasteiger partial charge in [-0.3, -0.25) is 9.78 Å². The van der Waals surface area contributed by atoms with Crippen LogP contribution in [0.5, 0.6) is 5.75 Å². The zero-order valence-corrected chi connectivity index (χ0v) is 27.9. The van der Waals surface area contributed by atoms with E-state index in [9.17, 15) is 23.1 Å². The van der Waals surface area contributed by atoms with Gasteiger partial charge < -0.3 is 14.4 Å². The first-order valence-electron chi connectivity index (χ1n) is 15.3. The van der Waals surface area contributed by atoms with Crippen LogP contribution in [-0.4, -0.2) is 37.0 Å². The Morgan fingerprint density at radius 1 is 0.936 bits per heavy atom. The van der Waals surface area contributed by atoms with E-state index in [-0.39, 0.29) is 16.9 Å². The maximum absolute atomic E-state index is 13.3. The minimum absolute atomic E-state index is 0.170. The van der Waals surface area contributed by atoms with Crippen LogP contribution in [0.4, 0.5) is 13.2 Å². The van der Waals surface area contributed by atoms with E-state index >= 15 is 0 Å². The van der Waals surface area contributed by atoms with Crippen molar-refractivity contribution in [2.45, 2.75) is 69.8 Å². The SMILES string of the molecule is CC(C)(C)Sc1c(CC(C)(C)C(=O)O)n(Cc2ccc(-c3cccc(C(F)(F)F)n3)cc2)c2ccc(OCCc3ccccn3)cc12. The van der Waals surface area contributed by atoms with Gasteiger partial charge >= 0.3 is 12.1 Å². The normalized spacial score (nSPS) is 12.4. The summed E-state index contributed by atoms with van der Waals surface area (Å²) in [7, 11) is 0. The fourth-order valence-electron chi connectivity index (χ4n) is 5.25. The van der Waals surface area contributed by atoms with Gasteiger partial charge in [-0.25, -0.2) is 4.98 Å². The number of pyridine rings is 2. The van der Waals surface area contributed by atoms with Gasteiger partial charge in [0, 0.05) is 63.1 Å². The van der Waals surface area contributed by atoms with E-state index in [1.54, 1.807) is 50.0 Å². The van der Waals surface area contributed by atoms with Crippen molar-refractivity contribution in [3.8, 4) is 17.0 Å². The molecular weight excluding hydrogens is 623 g/mol. The van der Waals surface area contributed by atoms with Gasteiger partial charge in [0.2, 0.25) is 0 Å². The third-order valence-electron chi connectivity index (χ3n) is 7.67. The fraction of sp³-hybridized carbons (Fsp3) is 0.324. The lowest BCUT2D eigenvalue weighted by Gasteiger charge is -2.24. The molecule has 1 N–H and O–H groups in total. The van der Waals surface area contributed by atoms with E-state index in [2.05, 4.69) is 35.3 Å². The van der Waals surface area contributed by atoms with E-state index in [0.717, 1.165) is 38.8 Å². The second kappa shape index (κ2) is 13.4. The van der Waals surface area contributed by atoms with Gasteiger partial charge in [-0.2, -0.15) is 13.2 Å². The highest BCUT2D eigenvalue weighted by Gasteiger charge is 2.34. The summed E-state index contributed by atoms with van der Waals surface area (Å²) in [6.07, 6.45) is -1.82. The summed E-state index contributed by atoms with van der Waals surface area (Å²) >= 11 is 1.69. The minimum Gasteiger partial charge on any atom is -0.493 e. The van der Waals surface area contributed by atoms with Crippen LogP contribution in [0.15, 0.2) is 90.0 Å². The van der Waals surface area contributed by atoms with Gasteiger partial charge in [-0.1, -0.05) is 57.2 Å². The number of nitrogens with zero attached hydrogens (tertiary/aromatic N) is 3. The first-order chi connectivity index (χ1) is 22.1. The summed E-state index contributed by atoms with van der Waals surface area (Å²) in [5.41, 5.74) is 2.52. The molecule has 0 spiro atoms. The van der Waals surface area contributed by atoms with Gasteiger partial charge in [0.25, 0.3) is 0 Å². The van der Waals surface area contributed by atoms with Gasteiger partial charge in [-0.05, 0) is 61.9 Å². The van der Waals surface area contributed by atoms with Gasteiger partial charge in [0.15, 0.2) is 0 Å². The maximum atomic E-state index is 13.3. The van der Waals surface area contributed by atoms with Crippen LogP contribution in [0.3, 0.4) is 0 Å². The summed E-state index contributed by atoms with van der Waals surface area (Å²) in [5.74, 6) is -0.180. The molecule has 0 radical (unpaired) electrons. The predicted octanol–water partition coefficient (Wildman–Crippen LogP) is 9.33. The number of aromatic nitrogens is 3. The molecule has 3 heterocycles. The molecule has 47 heavy (non-hydrogen) atoms. The molecule has 0 aliphatic heterocycles. The number of carbonyl (C=O) groups is 1. The molecule has 0 unspecified atom stereocenters. The molecule has 0 saturated carbocycles. The number of carboxylic acids is 1. The van der Waals surface area contributed by atoms with E-state index in [4.69, 9.17) is 4.74 Å². The first kappa shape index (κ1) is 34.0. The lowest BCUT2D eigenvalue weighted by Crippen LogP contribution is -2.28. The molecular formula is C37H38F3N3O3S. The van der Waals surface area contributed by atoms with Crippen molar-refractivity contribution in [1.29, 1.82) is 0 Å². The molecule has 246 valence electrons. The van der Waals surface area contributed by atoms with Crippen molar-refractivity contribution >= 4 is 28.6 Å². The molecule has 0 bridgehead atoms. The molecule has 0 atom stereocenters. The predicted molar refractivity (Wildman–Crippen MR) is 180 cm³/mol. The maximum Gasteiger partial charge on any atom is 0.433 e. The zero-order chi connectivity index (χ0) is 34.0. The van der Waals surface area contributed by atoms with Crippen LogP contribution in [0.25, 0.3) is 22.2 Å². The Labute approximate surface area is 277 Å². The molecule has 5 rings (SSSR count). The van der Waals surface area contributed by atoms with Gasteiger partial charge in [0.05, 0.1) is 17.7 Å². The molecule has 0 saturated heterocycles. The van der Waals surface area contributed by atoms with E-state index in [1.807, 2.05) is 48.5 Å². The van der Waals surface area contributed by atoms with Crippen LogP contribution in [0.1, 0.15) is 57.3 Å². The number of carboxylic acid groups (broad SMARTS) is 1. The Morgan fingerprint density at radius 3 is 2.32 bits per heavy atom. The average molecular weight is 662 g/mol. The molecule has 6 nitrogen and oxygen atoms in total. The van der Waals surface area contributed by atoms with Crippen molar-refractivity contribution in [3.05, 3.63) is 108 Å². The Morgan fingerprint density at radius 2 is 1.68 bits per heavy atom. The van der Waals surface area contributed by atoms with Crippen LogP contribution in [0.2, 0.25) is 0 Å². The third kappa shape index (κ3) is 8.35. The number of thioether (sulfide) groups is 1. The zero-order valence-electron chi connectivity index (χ0n) is 27.1. The van der Waals surface area contributed by atoms with Crippen LogP contribution in [-0.2, 0) is 30.4 Å². The molecule has 0 fully saturated rings. The highest BCUT2D eigenvalue weighted by Crippen LogP contribution is 2.44. The van der Waals surface area contributed by atoms with Crippen molar-refractivity contribution < 1.29 is 27.8 Å². The van der Waals surface area contributed by atoms with Crippen LogP contribution >= 0.6 is 11.8 Å². The summed E-state index contributed by atoms with van der Waals surface area (Å²) < 4.78 is 48.0. The number of hydrogen-bond donors (Lipinski definition) is 1. The highest BCUT2D eigenvalue weighted by atomic mass is 32.2. The smallest absolute Gasteiger partial charge is 0.433 e. The van der Waals surface area contributed by atoms with Crippen LogP contribution < -0.4 is 4.74 Å². The fourth-order valence-corrected chi connectivity index (χ4v) is 6.44. The number of fused-ring (bicyclic) bond motifs is 1. The van der Waals surface area contributed by atoms with Crippen molar-refractivity contribution in [3.63, 3.8) is 0 Å². The molecule has 2 aromatic carbocycles. The number of benzene rings is 2. The quantitative estimate of drug-likeness (QED) is 0.142. The Kier molecular flexibility index (Phi) is 9.73. The van der Waals surface area contributed by atoms with Crippen molar-refractivity contribution in [2.75, 3.05) is 6.61 Å². The largest absolute Gasteiger partial charge is 0.493 e. The molecule has 3 aromatic heterocycles. The lowest BCUT2D eigenvalue weighted by molar-refractivity contribution is -0.147. The Bertz CT molecular complexity index is 1860. The minimum atomic E-state index is -4.53.